The monoisotopic (exact) mass is 241 g/mol. The third-order valence-corrected chi connectivity index (χ3v) is 2.50. The van der Waals surface area contributed by atoms with Crippen molar-refractivity contribution in [1.29, 1.82) is 0 Å². The summed E-state index contributed by atoms with van der Waals surface area (Å²) in [5.41, 5.74) is 0. The Balaban J connectivity index is 3.56. The molecular weight excluding hydrogens is 226 g/mol. The van der Waals surface area contributed by atoms with E-state index in [1.165, 1.54) is 0 Å². The van der Waals surface area contributed by atoms with Gasteiger partial charge in [-0.1, -0.05) is 10.8 Å². The Hall–Kier alpha value is 0.0500. The molecule has 0 rings (SSSR count). The van der Waals surface area contributed by atoms with E-state index in [0.29, 0.717) is 18.7 Å². The molecule has 5 nitrogen and oxygen atoms in total. The summed E-state index contributed by atoms with van der Waals surface area (Å²) in [4.78, 5) is 10.6. The van der Waals surface area contributed by atoms with Crippen molar-refractivity contribution in [1.82, 2.24) is 5.32 Å². The summed E-state index contributed by atoms with van der Waals surface area (Å²) in [6.07, 6.45) is -0.550. The van der Waals surface area contributed by atoms with Gasteiger partial charge in [0.1, 0.15) is 6.04 Å². The van der Waals surface area contributed by atoms with E-state index in [2.05, 4.69) is 17.0 Å². The van der Waals surface area contributed by atoms with Crippen LogP contribution in [0.4, 0.5) is 0 Å². The average molecular weight is 241 g/mol. The van der Waals surface area contributed by atoms with Crippen molar-refractivity contribution < 1.29 is 20.1 Å². The average Bonchev–Trinajstić information content (AvgIpc) is 2.09. The van der Waals surface area contributed by atoms with E-state index < -0.39 is 18.3 Å². The topological polar surface area (TPSA) is 89.8 Å². The third kappa shape index (κ3) is 7.45. The first kappa shape index (κ1) is 14.1. The van der Waals surface area contributed by atoms with Crippen molar-refractivity contribution in [3.8, 4) is 0 Å². The van der Waals surface area contributed by atoms with Crippen molar-refractivity contribution in [2.75, 3.05) is 12.3 Å². The number of aliphatic hydroxyl groups excluding tert-OH is 1. The van der Waals surface area contributed by atoms with Crippen LogP contribution < -0.4 is 5.32 Å². The number of carbonyl (C=O) groups is 1. The van der Waals surface area contributed by atoms with Gasteiger partial charge in [0.2, 0.25) is 0 Å². The SMILES string of the molecule is O=C(O)[C@H](CSS)NCCCC(O)O. The minimum Gasteiger partial charge on any atom is -0.480 e. The van der Waals surface area contributed by atoms with Gasteiger partial charge in [-0.15, -0.1) is 11.7 Å². The highest BCUT2D eigenvalue weighted by Gasteiger charge is 2.15. The number of thiol groups is 1. The van der Waals surface area contributed by atoms with Crippen molar-refractivity contribution in [2.45, 2.75) is 25.2 Å². The van der Waals surface area contributed by atoms with Crippen LogP contribution >= 0.6 is 22.5 Å². The van der Waals surface area contributed by atoms with Crippen LogP contribution in [0.15, 0.2) is 0 Å². The molecule has 84 valence electrons. The van der Waals surface area contributed by atoms with Gasteiger partial charge in [0.15, 0.2) is 6.29 Å². The smallest absolute Gasteiger partial charge is 0.321 e. The maximum atomic E-state index is 10.6. The van der Waals surface area contributed by atoms with Crippen LogP contribution in [0.3, 0.4) is 0 Å². The first-order chi connectivity index (χ1) is 6.57. The quantitative estimate of drug-likeness (QED) is 0.173. The number of nitrogens with one attached hydrogen (secondary N) is 1. The number of rotatable bonds is 8. The molecule has 0 fully saturated rings. The molecule has 0 aromatic heterocycles. The Bertz CT molecular complexity index is 168. The van der Waals surface area contributed by atoms with Gasteiger partial charge in [0.25, 0.3) is 0 Å². The van der Waals surface area contributed by atoms with Crippen LogP contribution in [0, 0.1) is 0 Å². The van der Waals surface area contributed by atoms with E-state index in [0.717, 1.165) is 10.8 Å². The largest absolute Gasteiger partial charge is 0.480 e. The molecule has 0 spiro atoms. The van der Waals surface area contributed by atoms with E-state index in [4.69, 9.17) is 15.3 Å². The summed E-state index contributed by atoms with van der Waals surface area (Å²) in [5.74, 6) is -0.545. The fourth-order valence-electron chi connectivity index (χ4n) is 0.853. The van der Waals surface area contributed by atoms with E-state index in [9.17, 15) is 4.79 Å². The van der Waals surface area contributed by atoms with E-state index in [1.807, 2.05) is 0 Å². The molecule has 0 unspecified atom stereocenters. The number of aliphatic hydroxyl groups is 2. The predicted molar refractivity (Wildman–Crippen MR) is 58.3 cm³/mol. The van der Waals surface area contributed by atoms with Gasteiger partial charge in [-0.05, 0) is 19.4 Å². The summed E-state index contributed by atoms with van der Waals surface area (Å²) < 4.78 is 0. The first-order valence-electron chi connectivity index (χ1n) is 4.16. The normalized spacial score (nSPS) is 13.1. The van der Waals surface area contributed by atoms with Crippen LogP contribution in [0.5, 0.6) is 0 Å². The highest BCUT2D eigenvalue weighted by Crippen LogP contribution is 2.07. The molecule has 0 aromatic carbocycles. The molecule has 4 N–H and O–H groups in total. The van der Waals surface area contributed by atoms with Gasteiger partial charge in [-0.2, -0.15) is 0 Å². The zero-order valence-electron chi connectivity index (χ0n) is 7.59. The molecule has 0 aliphatic carbocycles. The third-order valence-electron chi connectivity index (χ3n) is 1.57. The number of hydrogen-bond donors (Lipinski definition) is 5. The van der Waals surface area contributed by atoms with Crippen molar-refractivity contribution >= 4 is 28.4 Å². The Morgan fingerprint density at radius 1 is 1.50 bits per heavy atom. The van der Waals surface area contributed by atoms with E-state index in [-0.39, 0.29) is 6.42 Å². The van der Waals surface area contributed by atoms with Crippen molar-refractivity contribution in [3.63, 3.8) is 0 Å². The van der Waals surface area contributed by atoms with Gasteiger partial charge in [-0.3, -0.25) is 4.79 Å². The van der Waals surface area contributed by atoms with E-state index in [1.54, 1.807) is 0 Å². The van der Waals surface area contributed by atoms with Gasteiger partial charge in [0.05, 0.1) is 0 Å². The van der Waals surface area contributed by atoms with Gasteiger partial charge in [-0.25, -0.2) is 0 Å². The second kappa shape index (κ2) is 8.37. The van der Waals surface area contributed by atoms with Gasteiger partial charge < -0.3 is 20.6 Å². The highest BCUT2D eigenvalue weighted by atomic mass is 33.1. The first-order valence-corrected chi connectivity index (χ1v) is 6.20. The number of carboxylic acid groups (broad SMARTS) is 1. The van der Waals surface area contributed by atoms with Crippen LogP contribution in [-0.4, -0.2) is 45.9 Å². The van der Waals surface area contributed by atoms with Crippen molar-refractivity contribution in [3.05, 3.63) is 0 Å². The standard InChI is InChI=1S/C7H15NO4S2/c9-6(10)2-1-3-8-5(4-14-13)7(11)12/h5-6,8-10,13H,1-4H2,(H,11,12)/t5-/m0/s1. The van der Waals surface area contributed by atoms with Crippen LogP contribution in [0.25, 0.3) is 0 Å². The number of aliphatic carboxylic acids is 1. The number of hydrogen-bond acceptors (Lipinski definition) is 6. The zero-order chi connectivity index (χ0) is 11.0. The molecule has 0 aliphatic heterocycles. The lowest BCUT2D eigenvalue weighted by atomic mass is 10.2. The Labute approximate surface area is 91.7 Å². The lowest BCUT2D eigenvalue weighted by Crippen LogP contribution is -2.39. The lowest BCUT2D eigenvalue weighted by Gasteiger charge is -2.12. The highest BCUT2D eigenvalue weighted by molar-refractivity contribution is 8.68. The maximum absolute atomic E-state index is 10.6. The molecule has 0 amide bonds. The number of carboxylic acids is 1. The molecule has 7 heteroatoms. The fraction of sp³-hybridized carbons (Fsp3) is 0.857. The summed E-state index contributed by atoms with van der Waals surface area (Å²) in [7, 11) is 1.15. The molecular formula is C7H15NO4S2. The minimum atomic E-state index is -1.32. The van der Waals surface area contributed by atoms with Crippen molar-refractivity contribution in [2.24, 2.45) is 0 Å². The minimum absolute atomic E-state index is 0.243. The summed E-state index contributed by atoms with van der Waals surface area (Å²) in [5, 5.41) is 28.5. The zero-order valence-corrected chi connectivity index (χ0v) is 9.30. The van der Waals surface area contributed by atoms with Crippen LogP contribution in [0.1, 0.15) is 12.8 Å². The Morgan fingerprint density at radius 2 is 2.14 bits per heavy atom. The van der Waals surface area contributed by atoms with Gasteiger partial charge in [0, 0.05) is 5.75 Å². The molecule has 0 bridgehead atoms. The molecule has 0 aliphatic rings. The lowest BCUT2D eigenvalue weighted by molar-refractivity contribution is -0.138. The summed E-state index contributed by atoms with van der Waals surface area (Å²) in [6.45, 7) is 0.447. The second-order valence-corrected chi connectivity index (χ2v) is 4.13. The fourth-order valence-corrected chi connectivity index (χ4v) is 1.71. The Morgan fingerprint density at radius 3 is 2.57 bits per heavy atom. The Kier molecular flexibility index (Phi) is 8.40. The molecule has 0 radical (unpaired) electrons. The second-order valence-electron chi connectivity index (χ2n) is 2.76. The molecule has 0 saturated carbocycles. The molecule has 0 saturated heterocycles. The summed E-state index contributed by atoms with van der Waals surface area (Å²) >= 11 is 3.87. The van der Waals surface area contributed by atoms with Crippen LogP contribution in [0.2, 0.25) is 0 Å². The maximum Gasteiger partial charge on any atom is 0.321 e. The molecule has 0 heterocycles. The summed E-state index contributed by atoms with van der Waals surface area (Å²) in [6, 6.07) is -0.631. The van der Waals surface area contributed by atoms with Crippen LogP contribution in [-0.2, 0) is 4.79 Å². The molecule has 1 atom stereocenters. The molecule has 0 aromatic rings. The van der Waals surface area contributed by atoms with E-state index >= 15 is 0 Å². The molecule has 14 heavy (non-hydrogen) atoms. The predicted octanol–water partition coefficient (Wildman–Crippen LogP) is -0.302. The van der Waals surface area contributed by atoms with Gasteiger partial charge >= 0.3 is 5.97 Å².